The number of halogens is 3. The predicted molar refractivity (Wildman–Crippen MR) is 72.9 cm³/mol. The highest BCUT2D eigenvalue weighted by Crippen LogP contribution is 2.58. The quantitative estimate of drug-likeness (QED) is 0.926. The average molecular weight is 296 g/mol. The van der Waals surface area contributed by atoms with Crippen molar-refractivity contribution >= 4 is 0 Å². The highest BCUT2D eigenvalue weighted by Gasteiger charge is 2.65. The summed E-state index contributed by atoms with van der Waals surface area (Å²) in [5, 5.41) is 3.31. The van der Waals surface area contributed by atoms with Crippen LogP contribution in [0, 0.1) is 11.3 Å². The van der Waals surface area contributed by atoms with Crippen LogP contribution in [0.25, 0.3) is 0 Å². The molecule has 0 amide bonds. The molecule has 3 fully saturated rings. The smallest absolute Gasteiger partial charge is 0.316 e. The van der Waals surface area contributed by atoms with Gasteiger partial charge >= 0.3 is 6.18 Å². The van der Waals surface area contributed by atoms with Gasteiger partial charge in [0.25, 0.3) is 0 Å². The fraction of sp³-hybridized carbons (Fsp3) is 0.688. The lowest BCUT2D eigenvalue weighted by Gasteiger charge is -2.54. The number of hydrogen-bond donors (Lipinski definition) is 1. The summed E-state index contributed by atoms with van der Waals surface area (Å²) in [4.78, 5) is 4.02. The summed E-state index contributed by atoms with van der Waals surface area (Å²) in [7, 11) is 0. The second kappa shape index (κ2) is 4.22. The molecule has 3 aliphatic rings. The Hall–Kier alpha value is -1.10. The largest absolute Gasteiger partial charge is 0.399 e. The SMILES string of the molecule is FC(F)(F)C1(c2cc(CC3CC4(CNC4)C3)ccn2)CC1. The van der Waals surface area contributed by atoms with Gasteiger partial charge in [-0.15, -0.1) is 0 Å². The molecule has 0 atom stereocenters. The Morgan fingerprint density at radius 3 is 2.48 bits per heavy atom. The second-order valence-electron chi connectivity index (χ2n) is 7.21. The molecule has 0 aromatic carbocycles. The first kappa shape index (κ1) is 13.6. The first-order valence-corrected chi connectivity index (χ1v) is 7.65. The average Bonchev–Trinajstić information content (AvgIpc) is 3.11. The number of aromatic nitrogens is 1. The van der Waals surface area contributed by atoms with Crippen LogP contribution in [0.1, 0.15) is 36.9 Å². The molecule has 0 unspecified atom stereocenters. The van der Waals surface area contributed by atoms with Gasteiger partial charge in [0.1, 0.15) is 5.41 Å². The molecule has 0 bridgehead atoms. The molecule has 1 saturated heterocycles. The van der Waals surface area contributed by atoms with Crippen molar-refractivity contribution in [3.8, 4) is 0 Å². The van der Waals surface area contributed by atoms with Gasteiger partial charge in [-0.05, 0) is 61.1 Å². The van der Waals surface area contributed by atoms with E-state index >= 15 is 0 Å². The van der Waals surface area contributed by atoms with Crippen LogP contribution >= 0.6 is 0 Å². The maximum atomic E-state index is 13.2. The zero-order chi connectivity index (χ0) is 14.7. The van der Waals surface area contributed by atoms with E-state index in [1.807, 2.05) is 6.07 Å². The van der Waals surface area contributed by atoms with E-state index in [2.05, 4.69) is 10.3 Å². The lowest BCUT2D eigenvalue weighted by molar-refractivity contribution is -0.161. The van der Waals surface area contributed by atoms with Crippen LogP contribution in [0.5, 0.6) is 0 Å². The topological polar surface area (TPSA) is 24.9 Å². The minimum atomic E-state index is -4.17. The minimum absolute atomic E-state index is 0.186. The van der Waals surface area contributed by atoms with E-state index < -0.39 is 11.6 Å². The zero-order valence-corrected chi connectivity index (χ0v) is 11.8. The monoisotopic (exact) mass is 296 g/mol. The minimum Gasteiger partial charge on any atom is -0.316 e. The number of nitrogens with zero attached hydrogens (tertiary/aromatic N) is 1. The molecule has 2 saturated carbocycles. The van der Waals surface area contributed by atoms with Crippen LogP contribution in [0.15, 0.2) is 18.3 Å². The van der Waals surface area contributed by atoms with Crippen molar-refractivity contribution in [3.63, 3.8) is 0 Å². The van der Waals surface area contributed by atoms with Crippen molar-refractivity contribution in [2.45, 2.75) is 43.7 Å². The number of alkyl halides is 3. The normalized spacial score (nSPS) is 26.2. The number of rotatable bonds is 3. The Morgan fingerprint density at radius 1 is 1.24 bits per heavy atom. The summed E-state index contributed by atoms with van der Waals surface area (Å²) in [5.41, 5.74) is 0.112. The number of hydrogen-bond acceptors (Lipinski definition) is 2. The van der Waals surface area contributed by atoms with Crippen molar-refractivity contribution in [1.82, 2.24) is 10.3 Å². The summed E-state index contributed by atoms with van der Waals surface area (Å²) in [6.07, 6.45) is 1.07. The third kappa shape index (κ3) is 2.08. The summed E-state index contributed by atoms with van der Waals surface area (Å²) < 4.78 is 39.5. The number of nitrogens with one attached hydrogen (secondary N) is 1. The Bertz CT molecular complexity index is 551. The van der Waals surface area contributed by atoms with E-state index in [4.69, 9.17) is 0 Å². The number of pyridine rings is 1. The lowest BCUT2D eigenvalue weighted by Crippen LogP contribution is -2.60. The maximum Gasteiger partial charge on any atom is 0.399 e. The Balaban J connectivity index is 1.47. The first-order valence-electron chi connectivity index (χ1n) is 7.65. The van der Waals surface area contributed by atoms with Crippen LogP contribution in [-0.2, 0) is 11.8 Å². The standard InChI is InChI=1S/C16H19F3N2/c17-16(18,19)15(2-3-15)13-6-11(1-4-21-13)5-12-7-14(8-12)9-20-10-14/h1,4,6,12,20H,2-3,5,7-10H2. The third-order valence-corrected chi connectivity index (χ3v) is 5.58. The van der Waals surface area contributed by atoms with E-state index in [1.165, 1.54) is 12.8 Å². The molecule has 1 spiro atoms. The van der Waals surface area contributed by atoms with Crippen molar-refractivity contribution in [2.75, 3.05) is 13.1 Å². The Kier molecular flexibility index (Phi) is 2.72. The molecule has 0 radical (unpaired) electrons. The second-order valence-corrected chi connectivity index (χ2v) is 7.21. The summed E-state index contributed by atoms with van der Waals surface area (Å²) in [5.74, 6) is 0.628. The van der Waals surface area contributed by atoms with E-state index in [9.17, 15) is 13.2 Å². The van der Waals surface area contributed by atoms with Gasteiger partial charge < -0.3 is 5.32 Å². The first-order chi connectivity index (χ1) is 9.93. The van der Waals surface area contributed by atoms with E-state index in [0.717, 1.165) is 25.1 Å². The summed E-state index contributed by atoms with van der Waals surface area (Å²) in [6, 6.07) is 3.57. The molecule has 1 aromatic rings. The third-order valence-electron chi connectivity index (χ3n) is 5.58. The van der Waals surface area contributed by atoms with Crippen LogP contribution in [0.2, 0.25) is 0 Å². The molecule has 2 aliphatic carbocycles. The fourth-order valence-electron chi connectivity index (χ4n) is 4.08. The zero-order valence-electron chi connectivity index (χ0n) is 11.8. The Morgan fingerprint density at radius 2 is 1.95 bits per heavy atom. The van der Waals surface area contributed by atoms with Gasteiger partial charge in [0, 0.05) is 19.3 Å². The highest BCUT2D eigenvalue weighted by molar-refractivity contribution is 5.31. The van der Waals surface area contributed by atoms with Crippen molar-refractivity contribution in [1.29, 1.82) is 0 Å². The van der Waals surface area contributed by atoms with Crippen molar-refractivity contribution < 1.29 is 13.2 Å². The molecular formula is C16H19F3N2. The summed E-state index contributed by atoms with van der Waals surface area (Å²) >= 11 is 0. The van der Waals surface area contributed by atoms with Crippen molar-refractivity contribution in [3.05, 3.63) is 29.6 Å². The van der Waals surface area contributed by atoms with Crippen molar-refractivity contribution in [2.24, 2.45) is 11.3 Å². The van der Waals surface area contributed by atoms with E-state index in [-0.39, 0.29) is 18.5 Å². The molecule has 2 heterocycles. The molecule has 1 aromatic heterocycles. The molecule has 2 nitrogen and oxygen atoms in total. The molecule has 1 aliphatic heterocycles. The molecule has 21 heavy (non-hydrogen) atoms. The molecule has 4 rings (SSSR count). The van der Waals surface area contributed by atoms with E-state index in [0.29, 0.717) is 11.3 Å². The predicted octanol–water partition coefficient (Wildman–Crippen LogP) is 3.22. The van der Waals surface area contributed by atoms with Gasteiger partial charge in [-0.2, -0.15) is 13.2 Å². The maximum absolute atomic E-state index is 13.2. The van der Waals surface area contributed by atoms with Crippen LogP contribution in [0.3, 0.4) is 0 Å². The van der Waals surface area contributed by atoms with E-state index in [1.54, 1.807) is 12.3 Å². The van der Waals surface area contributed by atoms with Gasteiger partial charge in [0.05, 0.1) is 5.69 Å². The molecule has 1 N–H and O–H groups in total. The summed E-state index contributed by atoms with van der Waals surface area (Å²) in [6.45, 7) is 2.23. The van der Waals surface area contributed by atoms with Crippen LogP contribution in [-0.4, -0.2) is 24.2 Å². The van der Waals surface area contributed by atoms with Gasteiger partial charge in [0.2, 0.25) is 0 Å². The van der Waals surface area contributed by atoms with Crippen LogP contribution in [0.4, 0.5) is 13.2 Å². The molecular weight excluding hydrogens is 277 g/mol. The van der Waals surface area contributed by atoms with Gasteiger partial charge in [0.15, 0.2) is 0 Å². The Labute approximate surface area is 122 Å². The van der Waals surface area contributed by atoms with Gasteiger partial charge in [-0.3, -0.25) is 4.98 Å². The van der Waals surface area contributed by atoms with Gasteiger partial charge in [-0.1, -0.05) is 0 Å². The molecule has 5 heteroatoms. The highest BCUT2D eigenvalue weighted by atomic mass is 19.4. The molecule has 114 valence electrons. The lowest BCUT2D eigenvalue weighted by atomic mass is 9.57. The van der Waals surface area contributed by atoms with Crippen LogP contribution < -0.4 is 5.32 Å². The fourth-order valence-corrected chi connectivity index (χ4v) is 4.08. The van der Waals surface area contributed by atoms with Gasteiger partial charge in [-0.25, -0.2) is 0 Å².